The fourth-order valence-corrected chi connectivity index (χ4v) is 3.17. The molecule has 144 valence electrons. The number of hydrogen-bond donors (Lipinski definition) is 3. The van der Waals surface area contributed by atoms with Crippen LogP contribution in [0.5, 0.6) is 5.75 Å². The number of aromatic nitrogens is 3. The standard InChI is InChI=1S/C20H20N4O4/c25-15-10-14(9-6-12-4-2-1-3-5-12)24-19(22-18(23-24)13-7-8-13)17(15)20(28)21-11-16(26)27/h1-5,10,13,25H,6-9,11H2,(H,21,28)(H,26,27). The van der Waals surface area contributed by atoms with Crippen LogP contribution in [-0.4, -0.2) is 43.2 Å². The Balaban J connectivity index is 1.71. The van der Waals surface area contributed by atoms with Crippen LogP contribution in [0.1, 0.15) is 46.2 Å². The molecule has 28 heavy (non-hydrogen) atoms. The highest BCUT2D eigenvalue weighted by Crippen LogP contribution is 2.39. The Kier molecular flexibility index (Phi) is 4.68. The molecule has 4 rings (SSSR count). The number of amides is 1. The van der Waals surface area contributed by atoms with Gasteiger partial charge in [0.2, 0.25) is 0 Å². The SMILES string of the molecule is O=C(O)CNC(=O)c1c(O)cc(CCc2ccccc2)n2nc(C3CC3)nc12. The average Bonchev–Trinajstić information content (AvgIpc) is 3.44. The highest BCUT2D eigenvalue weighted by Gasteiger charge is 2.30. The minimum absolute atomic E-state index is 0.0517. The maximum absolute atomic E-state index is 12.5. The molecule has 1 amide bonds. The summed E-state index contributed by atoms with van der Waals surface area (Å²) in [4.78, 5) is 27.7. The predicted octanol–water partition coefficient (Wildman–Crippen LogP) is 1.91. The second-order valence-electron chi connectivity index (χ2n) is 6.94. The number of hydrogen-bond acceptors (Lipinski definition) is 5. The Morgan fingerprint density at radius 3 is 2.61 bits per heavy atom. The van der Waals surface area contributed by atoms with Gasteiger partial charge in [0.05, 0.1) is 0 Å². The highest BCUT2D eigenvalue weighted by molar-refractivity contribution is 6.03. The van der Waals surface area contributed by atoms with Gasteiger partial charge in [0.25, 0.3) is 5.91 Å². The Morgan fingerprint density at radius 1 is 1.18 bits per heavy atom. The van der Waals surface area contributed by atoms with Gasteiger partial charge in [-0.05, 0) is 31.2 Å². The fraction of sp³-hybridized carbons (Fsp3) is 0.300. The van der Waals surface area contributed by atoms with Crippen molar-refractivity contribution >= 4 is 17.5 Å². The number of pyridine rings is 1. The van der Waals surface area contributed by atoms with Crippen LogP contribution in [0.15, 0.2) is 36.4 Å². The summed E-state index contributed by atoms with van der Waals surface area (Å²) < 4.78 is 1.60. The van der Waals surface area contributed by atoms with Crippen molar-refractivity contribution in [3.05, 3.63) is 59.0 Å². The van der Waals surface area contributed by atoms with Gasteiger partial charge >= 0.3 is 5.97 Å². The molecule has 1 aliphatic rings. The van der Waals surface area contributed by atoms with Gasteiger partial charge in [-0.2, -0.15) is 5.10 Å². The van der Waals surface area contributed by atoms with Crippen molar-refractivity contribution in [3.8, 4) is 5.75 Å². The lowest BCUT2D eigenvalue weighted by atomic mass is 10.1. The molecule has 8 heteroatoms. The molecule has 3 N–H and O–H groups in total. The molecule has 1 fully saturated rings. The monoisotopic (exact) mass is 380 g/mol. The molecule has 0 spiro atoms. The maximum atomic E-state index is 12.5. The van der Waals surface area contributed by atoms with Gasteiger partial charge in [-0.25, -0.2) is 9.50 Å². The largest absolute Gasteiger partial charge is 0.507 e. The zero-order valence-corrected chi connectivity index (χ0v) is 15.1. The molecule has 0 aliphatic heterocycles. The van der Waals surface area contributed by atoms with Gasteiger partial charge in [0.1, 0.15) is 17.9 Å². The quantitative estimate of drug-likeness (QED) is 0.576. The average molecular weight is 380 g/mol. The predicted molar refractivity (Wildman–Crippen MR) is 100 cm³/mol. The van der Waals surface area contributed by atoms with Gasteiger partial charge in [-0.1, -0.05) is 30.3 Å². The number of aromatic hydroxyl groups is 1. The minimum Gasteiger partial charge on any atom is -0.507 e. The van der Waals surface area contributed by atoms with Crippen LogP contribution in [0.4, 0.5) is 0 Å². The molecule has 0 bridgehead atoms. The van der Waals surface area contributed by atoms with Crippen LogP contribution in [0.2, 0.25) is 0 Å². The van der Waals surface area contributed by atoms with Crippen molar-refractivity contribution < 1.29 is 19.8 Å². The molecule has 0 saturated heterocycles. The highest BCUT2D eigenvalue weighted by atomic mass is 16.4. The minimum atomic E-state index is -1.16. The second-order valence-corrected chi connectivity index (χ2v) is 6.94. The molecule has 1 aromatic carbocycles. The Morgan fingerprint density at radius 2 is 1.93 bits per heavy atom. The third-order valence-corrected chi connectivity index (χ3v) is 4.76. The molecule has 2 heterocycles. The molecular weight excluding hydrogens is 360 g/mol. The van der Waals surface area contributed by atoms with Gasteiger partial charge in [-0.3, -0.25) is 9.59 Å². The first-order valence-electron chi connectivity index (χ1n) is 9.18. The molecule has 1 saturated carbocycles. The molecule has 0 atom stereocenters. The first-order chi connectivity index (χ1) is 13.5. The number of nitrogens with one attached hydrogen (secondary N) is 1. The number of carboxylic acids is 1. The van der Waals surface area contributed by atoms with Crippen molar-refractivity contribution in [2.75, 3.05) is 6.54 Å². The van der Waals surface area contributed by atoms with E-state index in [0.29, 0.717) is 12.2 Å². The van der Waals surface area contributed by atoms with E-state index in [1.807, 2.05) is 30.3 Å². The molecule has 3 aromatic rings. The smallest absolute Gasteiger partial charge is 0.322 e. The number of fused-ring (bicyclic) bond motifs is 1. The summed E-state index contributed by atoms with van der Waals surface area (Å²) >= 11 is 0. The zero-order valence-electron chi connectivity index (χ0n) is 15.1. The van der Waals surface area contributed by atoms with E-state index in [0.717, 1.165) is 30.5 Å². The number of carbonyl (C=O) groups excluding carboxylic acids is 1. The number of rotatable bonds is 7. The zero-order chi connectivity index (χ0) is 19.7. The summed E-state index contributed by atoms with van der Waals surface area (Å²) in [5, 5.41) is 26.1. The van der Waals surface area contributed by atoms with Crippen molar-refractivity contribution in [2.45, 2.75) is 31.6 Å². The van der Waals surface area contributed by atoms with Crippen LogP contribution in [0.25, 0.3) is 5.65 Å². The molecule has 2 aromatic heterocycles. The third-order valence-electron chi connectivity index (χ3n) is 4.76. The lowest BCUT2D eigenvalue weighted by Crippen LogP contribution is -2.30. The number of aryl methyl sites for hydroxylation is 2. The lowest BCUT2D eigenvalue weighted by Gasteiger charge is -2.10. The van der Waals surface area contributed by atoms with E-state index in [1.165, 1.54) is 6.07 Å². The Labute approximate surface area is 160 Å². The molecule has 8 nitrogen and oxygen atoms in total. The van der Waals surface area contributed by atoms with E-state index in [9.17, 15) is 14.7 Å². The molecule has 1 aliphatic carbocycles. The first kappa shape index (κ1) is 18.0. The van der Waals surface area contributed by atoms with Crippen molar-refractivity contribution in [1.82, 2.24) is 19.9 Å². The van der Waals surface area contributed by atoms with E-state index in [-0.39, 0.29) is 22.9 Å². The van der Waals surface area contributed by atoms with Crippen LogP contribution >= 0.6 is 0 Å². The third kappa shape index (κ3) is 3.66. The second kappa shape index (κ2) is 7.30. The van der Waals surface area contributed by atoms with Crippen LogP contribution in [0, 0.1) is 0 Å². The summed E-state index contributed by atoms with van der Waals surface area (Å²) in [5.41, 5.74) is 2.10. The fourth-order valence-electron chi connectivity index (χ4n) is 3.17. The summed E-state index contributed by atoms with van der Waals surface area (Å²) in [7, 11) is 0. The summed E-state index contributed by atoms with van der Waals surface area (Å²) in [6.45, 7) is -0.538. The van der Waals surface area contributed by atoms with E-state index in [4.69, 9.17) is 5.11 Å². The molecule has 0 unspecified atom stereocenters. The van der Waals surface area contributed by atoms with E-state index < -0.39 is 18.4 Å². The van der Waals surface area contributed by atoms with E-state index >= 15 is 0 Å². The van der Waals surface area contributed by atoms with E-state index in [2.05, 4.69) is 15.4 Å². The maximum Gasteiger partial charge on any atom is 0.322 e. The topological polar surface area (TPSA) is 117 Å². The number of benzene rings is 1. The normalized spacial score (nSPS) is 13.6. The Hall–Kier alpha value is -3.42. The first-order valence-corrected chi connectivity index (χ1v) is 9.18. The lowest BCUT2D eigenvalue weighted by molar-refractivity contribution is -0.135. The number of carbonyl (C=O) groups is 2. The molecule has 0 radical (unpaired) electrons. The van der Waals surface area contributed by atoms with Gasteiger partial charge in [0.15, 0.2) is 11.5 Å². The van der Waals surface area contributed by atoms with Crippen molar-refractivity contribution in [3.63, 3.8) is 0 Å². The number of nitrogens with zero attached hydrogens (tertiary/aromatic N) is 3. The Bertz CT molecular complexity index is 1040. The van der Waals surface area contributed by atoms with Crippen LogP contribution in [-0.2, 0) is 17.6 Å². The van der Waals surface area contributed by atoms with Gasteiger partial charge in [0, 0.05) is 17.7 Å². The van der Waals surface area contributed by atoms with E-state index in [1.54, 1.807) is 4.52 Å². The van der Waals surface area contributed by atoms with Gasteiger partial charge in [-0.15, -0.1) is 0 Å². The van der Waals surface area contributed by atoms with Crippen LogP contribution in [0.3, 0.4) is 0 Å². The van der Waals surface area contributed by atoms with Crippen LogP contribution < -0.4 is 5.32 Å². The number of aliphatic carboxylic acids is 1. The molecular formula is C20H20N4O4. The van der Waals surface area contributed by atoms with Crippen molar-refractivity contribution in [1.29, 1.82) is 0 Å². The van der Waals surface area contributed by atoms with Gasteiger partial charge < -0.3 is 15.5 Å². The summed E-state index contributed by atoms with van der Waals surface area (Å²) in [6.07, 6.45) is 3.36. The summed E-state index contributed by atoms with van der Waals surface area (Å²) in [5.74, 6) is -1.15. The van der Waals surface area contributed by atoms with Crippen molar-refractivity contribution in [2.24, 2.45) is 0 Å². The summed E-state index contributed by atoms with van der Waals surface area (Å²) in [6, 6.07) is 11.5. The number of carboxylic acid groups (broad SMARTS) is 1.